The predicted octanol–water partition coefficient (Wildman–Crippen LogP) is 4.78. The zero-order valence-corrected chi connectivity index (χ0v) is 17.1. The summed E-state index contributed by atoms with van der Waals surface area (Å²) in [7, 11) is 0. The van der Waals surface area contributed by atoms with Gasteiger partial charge in [0.15, 0.2) is 0 Å². The lowest BCUT2D eigenvalue weighted by Crippen LogP contribution is -2.18. The summed E-state index contributed by atoms with van der Waals surface area (Å²) in [6.45, 7) is 2.03. The summed E-state index contributed by atoms with van der Waals surface area (Å²) < 4.78 is 12.8. The van der Waals surface area contributed by atoms with Crippen molar-refractivity contribution < 1.29 is 19.1 Å². The van der Waals surface area contributed by atoms with Crippen molar-refractivity contribution in [2.24, 2.45) is 0 Å². The Hall–Kier alpha value is -4.06. The molecule has 0 spiro atoms. The lowest BCUT2D eigenvalue weighted by Gasteiger charge is -2.09. The zero-order valence-electron chi connectivity index (χ0n) is 17.1. The van der Waals surface area contributed by atoms with Crippen LogP contribution in [0, 0.1) is 0 Å². The molecule has 1 heterocycles. The maximum absolute atomic E-state index is 12.5. The largest absolute Gasteiger partial charge is 0.489 e. The van der Waals surface area contributed by atoms with Crippen LogP contribution in [-0.2, 0) is 22.7 Å². The molecule has 0 aliphatic rings. The van der Waals surface area contributed by atoms with E-state index in [1.807, 2.05) is 65.4 Å². The summed E-state index contributed by atoms with van der Waals surface area (Å²) in [4.78, 5) is 23.5. The van der Waals surface area contributed by atoms with E-state index in [9.17, 15) is 9.59 Å². The minimum atomic E-state index is -0.384. The molecule has 0 aliphatic carbocycles. The Morgan fingerprint density at radius 3 is 2.39 bits per heavy atom. The number of carbonyl (C=O) groups is 2. The molecule has 4 rings (SSSR count). The number of fused-ring (bicyclic) bond motifs is 1. The van der Waals surface area contributed by atoms with E-state index in [4.69, 9.17) is 9.47 Å². The molecular formula is C25H22N2O4. The molecule has 1 amide bonds. The van der Waals surface area contributed by atoms with Crippen LogP contribution in [0.2, 0.25) is 0 Å². The zero-order chi connectivity index (χ0) is 21.6. The van der Waals surface area contributed by atoms with Gasteiger partial charge in [-0.15, -0.1) is 0 Å². The fourth-order valence-electron chi connectivity index (χ4n) is 3.27. The quantitative estimate of drug-likeness (QED) is 0.349. The number of esters is 1. The monoisotopic (exact) mass is 414 g/mol. The Morgan fingerprint density at radius 2 is 1.65 bits per heavy atom. The molecule has 0 atom stereocenters. The Kier molecular flexibility index (Phi) is 5.98. The van der Waals surface area contributed by atoms with E-state index in [1.54, 1.807) is 24.3 Å². The van der Waals surface area contributed by atoms with Gasteiger partial charge in [-0.2, -0.15) is 0 Å². The van der Waals surface area contributed by atoms with Crippen LogP contribution in [0.15, 0.2) is 85.1 Å². The minimum absolute atomic E-state index is 0.151. The molecule has 156 valence electrons. The van der Waals surface area contributed by atoms with E-state index in [0.29, 0.717) is 18.0 Å². The second kappa shape index (κ2) is 9.17. The van der Waals surface area contributed by atoms with Crippen molar-refractivity contribution in [1.29, 1.82) is 0 Å². The lowest BCUT2D eigenvalue weighted by atomic mass is 10.2. The molecule has 0 aliphatic heterocycles. The fraction of sp³-hybridized carbons (Fsp3) is 0.120. The summed E-state index contributed by atoms with van der Waals surface area (Å²) >= 11 is 0. The number of nitrogens with one attached hydrogen (secondary N) is 1. The number of anilines is 1. The van der Waals surface area contributed by atoms with Gasteiger partial charge in [-0.1, -0.05) is 30.3 Å². The van der Waals surface area contributed by atoms with Crippen molar-refractivity contribution in [2.75, 3.05) is 5.32 Å². The van der Waals surface area contributed by atoms with Gasteiger partial charge in [0.1, 0.15) is 24.7 Å². The molecule has 1 N–H and O–H groups in total. The molecule has 1 aromatic heterocycles. The van der Waals surface area contributed by atoms with Crippen LogP contribution in [0.1, 0.15) is 12.5 Å². The average molecular weight is 414 g/mol. The Morgan fingerprint density at radius 1 is 0.903 bits per heavy atom. The molecule has 0 bridgehead atoms. The van der Waals surface area contributed by atoms with Crippen LogP contribution < -0.4 is 14.8 Å². The van der Waals surface area contributed by atoms with Gasteiger partial charge in [-0.05, 0) is 54.1 Å². The van der Waals surface area contributed by atoms with Gasteiger partial charge in [0.05, 0.1) is 0 Å². The summed E-state index contributed by atoms with van der Waals surface area (Å²) in [5, 5.41) is 3.85. The van der Waals surface area contributed by atoms with Crippen LogP contribution >= 0.6 is 0 Å². The van der Waals surface area contributed by atoms with E-state index in [2.05, 4.69) is 5.32 Å². The fourth-order valence-corrected chi connectivity index (χ4v) is 3.27. The second-order valence-electron chi connectivity index (χ2n) is 7.10. The van der Waals surface area contributed by atoms with Gasteiger partial charge in [0.25, 0.3) is 0 Å². The number of hydrogen-bond donors (Lipinski definition) is 1. The number of rotatable bonds is 7. The molecule has 31 heavy (non-hydrogen) atoms. The van der Waals surface area contributed by atoms with Crippen molar-refractivity contribution in [3.63, 3.8) is 0 Å². The average Bonchev–Trinajstić information content (AvgIpc) is 3.16. The topological polar surface area (TPSA) is 69.6 Å². The predicted molar refractivity (Wildman–Crippen MR) is 119 cm³/mol. The normalized spacial score (nSPS) is 10.6. The second-order valence-corrected chi connectivity index (χ2v) is 7.10. The first-order valence-electron chi connectivity index (χ1n) is 9.91. The van der Waals surface area contributed by atoms with E-state index < -0.39 is 0 Å². The van der Waals surface area contributed by atoms with Gasteiger partial charge >= 0.3 is 5.97 Å². The molecule has 0 unspecified atom stereocenters. The van der Waals surface area contributed by atoms with Crippen LogP contribution in [0.25, 0.3) is 10.9 Å². The summed E-state index contributed by atoms with van der Waals surface area (Å²) in [5.74, 6) is 0.686. The lowest BCUT2D eigenvalue weighted by molar-refractivity contribution is -0.131. The smallest absolute Gasteiger partial charge is 0.308 e. The maximum atomic E-state index is 12.5. The third-order valence-corrected chi connectivity index (χ3v) is 4.70. The van der Waals surface area contributed by atoms with E-state index >= 15 is 0 Å². The maximum Gasteiger partial charge on any atom is 0.308 e. The number of aromatic nitrogens is 1. The summed E-state index contributed by atoms with van der Waals surface area (Å²) in [6, 6.07) is 24.5. The highest BCUT2D eigenvalue weighted by atomic mass is 16.5. The van der Waals surface area contributed by atoms with E-state index in [0.717, 1.165) is 22.2 Å². The number of nitrogens with zero attached hydrogens (tertiary/aromatic N) is 1. The first kappa shape index (κ1) is 20.2. The van der Waals surface area contributed by atoms with Crippen molar-refractivity contribution in [2.45, 2.75) is 20.1 Å². The molecule has 6 nitrogen and oxygen atoms in total. The van der Waals surface area contributed by atoms with Gasteiger partial charge in [-0.3, -0.25) is 9.59 Å². The van der Waals surface area contributed by atoms with E-state index in [-0.39, 0.29) is 18.4 Å². The number of benzene rings is 3. The first-order chi connectivity index (χ1) is 15.1. The highest BCUT2D eigenvalue weighted by molar-refractivity contribution is 5.92. The van der Waals surface area contributed by atoms with Gasteiger partial charge < -0.3 is 19.4 Å². The van der Waals surface area contributed by atoms with Crippen molar-refractivity contribution >= 4 is 28.5 Å². The summed E-state index contributed by atoms with van der Waals surface area (Å²) in [6.07, 6.45) is 1.88. The van der Waals surface area contributed by atoms with Crippen LogP contribution in [0.5, 0.6) is 11.5 Å². The summed E-state index contributed by atoms with van der Waals surface area (Å²) in [5.41, 5.74) is 2.69. The van der Waals surface area contributed by atoms with Crippen LogP contribution in [0.4, 0.5) is 5.69 Å². The van der Waals surface area contributed by atoms with Crippen LogP contribution in [0.3, 0.4) is 0 Å². The number of carbonyl (C=O) groups excluding carboxylic acids is 2. The number of amides is 1. The molecular weight excluding hydrogens is 392 g/mol. The SMILES string of the molecule is CC(=O)Oc1ccc(NC(=O)Cn2ccc3cc(OCc4ccccc4)ccc32)cc1. The third-order valence-electron chi connectivity index (χ3n) is 4.70. The Balaban J connectivity index is 1.38. The highest BCUT2D eigenvalue weighted by Crippen LogP contribution is 2.23. The Bertz CT molecular complexity index is 1200. The van der Waals surface area contributed by atoms with E-state index in [1.165, 1.54) is 6.92 Å². The number of ether oxygens (including phenoxy) is 2. The first-order valence-corrected chi connectivity index (χ1v) is 9.91. The van der Waals surface area contributed by atoms with Gasteiger partial charge in [0, 0.05) is 29.7 Å². The molecule has 0 saturated heterocycles. The number of hydrogen-bond acceptors (Lipinski definition) is 4. The van der Waals surface area contributed by atoms with Gasteiger partial charge in [-0.25, -0.2) is 0 Å². The van der Waals surface area contributed by atoms with Crippen molar-refractivity contribution in [3.8, 4) is 11.5 Å². The minimum Gasteiger partial charge on any atom is -0.489 e. The Labute approximate surface area is 180 Å². The molecule has 0 saturated carbocycles. The molecule has 4 aromatic rings. The van der Waals surface area contributed by atoms with Gasteiger partial charge in [0.2, 0.25) is 5.91 Å². The third kappa shape index (κ3) is 5.30. The van der Waals surface area contributed by atoms with Crippen LogP contribution in [-0.4, -0.2) is 16.4 Å². The molecule has 0 fully saturated rings. The molecule has 3 aromatic carbocycles. The standard InChI is InChI=1S/C25H22N2O4/c1-18(28)31-22-9-7-21(8-10-22)26-25(29)16-27-14-13-20-15-23(11-12-24(20)27)30-17-19-5-3-2-4-6-19/h2-15H,16-17H2,1H3,(H,26,29). The highest BCUT2D eigenvalue weighted by Gasteiger charge is 2.08. The van der Waals surface area contributed by atoms with Crippen molar-refractivity contribution in [1.82, 2.24) is 4.57 Å². The molecule has 0 radical (unpaired) electrons. The molecule has 6 heteroatoms. The van der Waals surface area contributed by atoms with Crippen molar-refractivity contribution in [3.05, 3.63) is 90.6 Å².